The number of carbonyl (C=O) groups is 1. The number of aryl methyl sites for hydroxylation is 2. The lowest BCUT2D eigenvalue weighted by Crippen LogP contribution is -2.30. The second kappa shape index (κ2) is 7.96. The largest absolute Gasteiger partial charge is 0.476 e. The highest BCUT2D eigenvalue weighted by atomic mass is 16.5. The van der Waals surface area contributed by atoms with E-state index in [-0.39, 0.29) is 11.6 Å². The van der Waals surface area contributed by atoms with Crippen molar-refractivity contribution in [3.05, 3.63) is 29.4 Å². The number of carbonyl (C=O) groups excluding carboxylic acids is 1. The summed E-state index contributed by atoms with van der Waals surface area (Å²) in [6, 6.07) is 3.45. The van der Waals surface area contributed by atoms with Crippen molar-refractivity contribution < 1.29 is 14.1 Å². The van der Waals surface area contributed by atoms with Crippen molar-refractivity contribution >= 4 is 11.7 Å². The summed E-state index contributed by atoms with van der Waals surface area (Å²) in [6.45, 7) is 6.30. The summed E-state index contributed by atoms with van der Waals surface area (Å²) < 4.78 is 10.6. The minimum atomic E-state index is -0.284. The maximum atomic E-state index is 11.9. The third-order valence-electron chi connectivity index (χ3n) is 3.98. The fraction of sp³-hybridized carbons (Fsp3) is 0.529. The Labute approximate surface area is 146 Å². The van der Waals surface area contributed by atoms with Crippen LogP contribution in [0.25, 0.3) is 0 Å². The van der Waals surface area contributed by atoms with Gasteiger partial charge in [0.25, 0.3) is 5.91 Å². The van der Waals surface area contributed by atoms with Crippen molar-refractivity contribution in [1.29, 1.82) is 0 Å². The second-order valence-corrected chi connectivity index (χ2v) is 6.09. The maximum Gasteiger partial charge on any atom is 0.273 e. The standard InChI is InChI=1S/C17H23N5O3/c1-12-10-14(21-25-12)17(23)18-6-9-24-16-11-15(19-13(2)20-16)22-7-4-3-5-8-22/h10-11H,3-9H2,1-2H3,(H,18,23). The lowest BCUT2D eigenvalue weighted by molar-refractivity contribution is 0.0937. The molecule has 1 saturated heterocycles. The second-order valence-electron chi connectivity index (χ2n) is 6.09. The van der Waals surface area contributed by atoms with Crippen LogP contribution in [0.5, 0.6) is 5.88 Å². The van der Waals surface area contributed by atoms with Crippen molar-refractivity contribution in [3.63, 3.8) is 0 Å². The zero-order chi connectivity index (χ0) is 17.6. The minimum absolute atomic E-state index is 0.266. The summed E-state index contributed by atoms with van der Waals surface area (Å²) in [5, 5.41) is 6.41. The molecule has 1 amide bonds. The van der Waals surface area contributed by atoms with Gasteiger partial charge >= 0.3 is 0 Å². The van der Waals surface area contributed by atoms with Crippen LogP contribution in [0.1, 0.15) is 41.3 Å². The zero-order valence-corrected chi connectivity index (χ0v) is 14.6. The van der Waals surface area contributed by atoms with E-state index < -0.39 is 0 Å². The molecule has 0 spiro atoms. The van der Waals surface area contributed by atoms with E-state index in [9.17, 15) is 4.79 Å². The Morgan fingerprint density at radius 2 is 2.04 bits per heavy atom. The number of hydrogen-bond acceptors (Lipinski definition) is 7. The number of piperidine rings is 1. The average Bonchev–Trinajstić information content (AvgIpc) is 3.05. The number of amides is 1. The van der Waals surface area contributed by atoms with Crippen LogP contribution in [-0.2, 0) is 0 Å². The molecule has 8 heteroatoms. The smallest absolute Gasteiger partial charge is 0.273 e. The van der Waals surface area contributed by atoms with Crippen molar-refractivity contribution in [2.24, 2.45) is 0 Å². The molecule has 2 aromatic rings. The number of anilines is 1. The quantitative estimate of drug-likeness (QED) is 0.799. The highest BCUT2D eigenvalue weighted by Gasteiger charge is 2.14. The fourth-order valence-corrected chi connectivity index (χ4v) is 2.77. The van der Waals surface area contributed by atoms with Crippen LogP contribution in [0.4, 0.5) is 5.82 Å². The lowest BCUT2D eigenvalue weighted by atomic mass is 10.1. The van der Waals surface area contributed by atoms with Crippen LogP contribution in [0.15, 0.2) is 16.7 Å². The molecule has 8 nitrogen and oxygen atoms in total. The molecule has 0 atom stereocenters. The Morgan fingerprint density at radius 3 is 2.76 bits per heavy atom. The summed E-state index contributed by atoms with van der Waals surface area (Å²) in [5.74, 6) is 2.43. The van der Waals surface area contributed by atoms with Crippen molar-refractivity contribution in [2.45, 2.75) is 33.1 Å². The van der Waals surface area contributed by atoms with E-state index in [1.54, 1.807) is 13.0 Å². The van der Waals surface area contributed by atoms with Gasteiger partial charge in [0, 0.05) is 25.2 Å². The maximum absolute atomic E-state index is 11.9. The van der Waals surface area contributed by atoms with Crippen LogP contribution in [-0.4, -0.2) is 47.3 Å². The van der Waals surface area contributed by atoms with E-state index in [0.717, 1.165) is 18.9 Å². The highest BCUT2D eigenvalue weighted by Crippen LogP contribution is 2.21. The first-order valence-corrected chi connectivity index (χ1v) is 8.57. The number of ether oxygens (including phenoxy) is 1. The van der Waals surface area contributed by atoms with Gasteiger partial charge in [-0.15, -0.1) is 0 Å². The lowest BCUT2D eigenvalue weighted by Gasteiger charge is -2.28. The number of nitrogens with zero attached hydrogens (tertiary/aromatic N) is 4. The summed E-state index contributed by atoms with van der Waals surface area (Å²) in [4.78, 5) is 22.9. The van der Waals surface area contributed by atoms with Crippen LogP contribution in [0.3, 0.4) is 0 Å². The molecular formula is C17H23N5O3. The fourth-order valence-electron chi connectivity index (χ4n) is 2.77. The molecule has 0 radical (unpaired) electrons. The molecule has 0 aliphatic carbocycles. The summed E-state index contributed by atoms with van der Waals surface area (Å²) in [5.41, 5.74) is 0.266. The van der Waals surface area contributed by atoms with Crippen LogP contribution < -0.4 is 15.0 Å². The van der Waals surface area contributed by atoms with Gasteiger partial charge in [0.15, 0.2) is 5.69 Å². The number of aromatic nitrogens is 3. The van der Waals surface area contributed by atoms with Crippen molar-refractivity contribution in [1.82, 2.24) is 20.4 Å². The van der Waals surface area contributed by atoms with Gasteiger partial charge in [-0.05, 0) is 33.1 Å². The Balaban J connectivity index is 1.51. The molecule has 1 aliphatic heterocycles. The van der Waals surface area contributed by atoms with E-state index in [0.29, 0.717) is 30.6 Å². The molecule has 2 aromatic heterocycles. The van der Waals surface area contributed by atoms with E-state index in [2.05, 4.69) is 25.3 Å². The Kier molecular flexibility index (Phi) is 5.47. The van der Waals surface area contributed by atoms with Crippen molar-refractivity contribution in [2.75, 3.05) is 31.1 Å². The molecule has 25 heavy (non-hydrogen) atoms. The van der Waals surface area contributed by atoms with E-state index in [1.807, 2.05) is 13.0 Å². The third kappa shape index (κ3) is 4.68. The normalized spacial score (nSPS) is 14.4. The SMILES string of the molecule is Cc1nc(OCCNC(=O)c2cc(C)on2)cc(N2CCCCC2)n1. The molecule has 0 aromatic carbocycles. The molecule has 0 saturated carbocycles. The summed E-state index contributed by atoms with van der Waals surface area (Å²) >= 11 is 0. The Bertz CT molecular complexity index is 725. The van der Waals surface area contributed by atoms with Gasteiger partial charge in [-0.3, -0.25) is 4.79 Å². The predicted molar refractivity (Wildman–Crippen MR) is 91.9 cm³/mol. The number of nitrogens with one attached hydrogen (secondary N) is 1. The molecule has 1 fully saturated rings. The predicted octanol–water partition coefficient (Wildman–Crippen LogP) is 1.88. The van der Waals surface area contributed by atoms with Crippen LogP contribution in [0.2, 0.25) is 0 Å². The van der Waals surface area contributed by atoms with E-state index >= 15 is 0 Å². The average molecular weight is 345 g/mol. The molecule has 1 N–H and O–H groups in total. The van der Waals surface area contributed by atoms with Crippen LogP contribution >= 0.6 is 0 Å². The molecule has 134 valence electrons. The highest BCUT2D eigenvalue weighted by molar-refractivity contribution is 5.92. The van der Waals surface area contributed by atoms with Crippen molar-refractivity contribution in [3.8, 4) is 5.88 Å². The molecule has 0 bridgehead atoms. The number of rotatable bonds is 6. The summed E-state index contributed by atoms with van der Waals surface area (Å²) in [6.07, 6.45) is 3.65. The molecule has 0 unspecified atom stereocenters. The van der Waals surface area contributed by atoms with Crippen LogP contribution in [0, 0.1) is 13.8 Å². The van der Waals surface area contributed by atoms with Gasteiger partial charge in [0.1, 0.15) is 24.0 Å². The molecule has 3 rings (SSSR count). The first-order chi connectivity index (χ1) is 12.1. The molecule has 3 heterocycles. The van der Waals surface area contributed by atoms with E-state index in [1.165, 1.54) is 19.3 Å². The van der Waals surface area contributed by atoms with E-state index in [4.69, 9.17) is 9.26 Å². The minimum Gasteiger partial charge on any atom is -0.476 e. The Hall–Kier alpha value is -2.64. The first kappa shape index (κ1) is 17.2. The summed E-state index contributed by atoms with van der Waals surface area (Å²) in [7, 11) is 0. The zero-order valence-electron chi connectivity index (χ0n) is 14.6. The van der Waals surface area contributed by atoms with Gasteiger partial charge in [0.05, 0.1) is 6.54 Å². The first-order valence-electron chi connectivity index (χ1n) is 8.57. The van der Waals surface area contributed by atoms with Gasteiger partial charge in [-0.1, -0.05) is 5.16 Å². The van der Waals surface area contributed by atoms with Gasteiger partial charge < -0.3 is 19.5 Å². The van der Waals surface area contributed by atoms with Gasteiger partial charge in [-0.2, -0.15) is 4.98 Å². The Morgan fingerprint density at radius 1 is 1.24 bits per heavy atom. The number of hydrogen-bond donors (Lipinski definition) is 1. The third-order valence-corrected chi connectivity index (χ3v) is 3.98. The van der Waals surface area contributed by atoms with Gasteiger partial charge in [-0.25, -0.2) is 4.98 Å². The monoisotopic (exact) mass is 345 g/mol. The molecular weight excluding hydrogens is 322 g/mol. The van der Waals surface area contributed by atoms with Gasteiger partial charge in [0.2, 0.25) is 5.88 Å². The topological polar surface area (TPSA) is 93.4 Å². The molecule has 1 aliphatic rings.